The third-order valence-corrected chi connectivity index (χ3v) is 4.06. The number of rotatable bonds is 6. The normalized spacial score (nSPS) is 14.6. The highest BCUT2D eigenvalue weighted by Crippen LogP contribution is 2.41. The van der Waals surface area contributed by atoms with Crippen molar-refractivity contribution in [3.05, 3.63) is 0 Å². The van der Waals surface area contributed by atoms with Gasteiger partial charge in [-0.2, -0.15) is 13.2 Å². The molecule has 0 saturated carbocycles. The maximum Gasteiger partial charge on any atom is 0.408 e. The molecule has 0 aliphatic rings. The van der Waals surface area contributed by atoms with Crippen LogP contribution in [0.4, 0.5) is 18.0 Å². The summed E-state index contributed by atoms with van der Waals surface area (Å²) in [5, 5.41) is 3.23. The van der Waals surface area contributed by atoms with Crippen molar-refractivity contribution in [2.45, 2.75) is 65.3 Å². The molecule has 0 aliphatic carbocycles. The standard InChI is InChI=1S/C16H28F3NO4S/c1-14(2,3)24-13(22)20-11(12(21)10-25(6,7)23)8-9-15(4,5)16(17,18)19/h10-11H,8-9H2,1-7H3,(H,20,22)/t11-/m1/s1. The number of amides is 1. The number of ether oxygens (including phenoxy) is 1. The second-order valence-electron chi connectivity index (χ2n) is 7.95. The van der Waals surface area contributed by atoms with Crippen LogP contribution < -0.4 is 5.32 Å². The molecule has 0 fully saturated rings. The fourth-order valence-corrected chi connectivity index (χ4v) is 2.47. The van der Waals surface area contributed by atoms with Crippen LogP contribution in [0.2, 0.25) is 0 Å². The summed E-state index contributed by atoms with van der Waals surface area (Å²) in [4.78, 5) is 24.1. The highest BCUT2D eigenvalue weighted by molar-refractivity contribution is 8.01. The third kappa shape index (κ3) is 9.72. The molecular formula is C16H28F3NO4S. The van der Waals surface area contributed by atoms with Crippen LogP contribution in [0.5, 0.6) is 0 Å². The van der Waals surface area contributed by atoms with Gasteiger partial charge in [-0.1, -0.05) is 13.8 Å². The zero-order valence-electron chi connectivity index (χ0n) is 15.7. The fraction of sp³-hybridized carbons (Fsp3) is 0.812. The van der Waals surface area contributed by atoms with E-state index in [9.17, 15) is 27.0 Å². The Kier molecular flexibility index (Phi) is 7.57. The number of hydrogen-bond donors (Lipinski definition) is 1. The molecule has 5 nitrogen and oxygen atoms in total. The first-order chi connectivity index (χ1) is 10.8. The smallest absolute Gasteiger partial charge is 0.408 e. The highest BCUT2D eigenvalue weighted by atomic mass is 32.2. The largest absolute Gasteiger partial charge is 0.444 e. The molecule has 1 atom stereocenters. The number of alkyl carbamates (subject to hydrolysis) is 1. The van der Waals surface area contributed by atoms with Crippen LogP contribution in [-0.4, -0.2) is 51.8 Å². The van der Waals surface area contributed by atoms with Crippen molar-refractivity contribution in [3.63, 3.8) is 0 Å². The van der Waals surface area contributed by atoms with Crippen molar-refractivity contribution in [1.29, 1.82) is 0 Å². The number of halogens is 3. The van der Waals surface area contributed by atoms with Crippen molar-refractivity contribution < 1.29 is 31.7 Å². The Morgan fingerprint density at radius 3 is 1.96 bits per heavy atom. The molecule has 0 heterocycles. The maximum absolute atomic E-state index is 13.0. The summed E-state index contributed by atoms with van der Waals surface area (Å²) in [7, 11) is -2.56. The summed E-state index contributed by atoms with van der Waals surface area (Å²) in [6.07, 6.45) is -3.34. The fourth-order valence-electron chi connectivity index (χ4n) is 1.74. The number of ketones is 1. The van der Waals surface area contributed by atoms with Crippen molar-refractivity contribution in [2.24, 2.45) is 5.41 Å². The molecule has 0 saturated heterocycles. The van der Waals surface area contributed by atoms with E-state index in [1.165, 1.54) is 12.5 Å². The minimum absolute atomic E-state index is 0.253. The molecule has 1 amide bonds. The first kappa shape index (κ1) is 23.8. The van der Waals surface area contributed by atoms with Crippen LogP contribution in [-0.2, 0) is 19.1 Å². The Hall–Kier alpha value is -1.25. The molecule has 1 N–H and O–H groups in total. The van der Waals surface area contributed by atoms with Crippen LogP contribution >= 0.6 is 0 Å². The summed E-state index contributed by atoms with van der Waals surface area (Å²) >= 11 is 0. The third-order valence-electron chi connectivity index (χ3n) is 3.26. The number of nitrogens with one attached hydrogen (secondary N) is 1. The monoisotopic (exact) mass is 387 g/mol. The lowest BCUT2D eigenvalue weighted by molar-refractivity contribution is -0.214. The second-order valence-corrected chi connectivity index (χ2v) is 10.8. The summed E-state index contributed by atoms with van der Waals surface area (Å²) in [5.41, 5.74) is -2.85. The van der Waals surface area contributed by atoms with Gasteiger partial charge in [-0.3, -0.25) is 9.00 Å². The highest BCUT2D eigenvalue weighted by Gasteiger charge is 2.47. The average molecular weight is 387 g/mol. The minimum Gasteiger partial charge on any atom is -0.444 e. The first-order valence-electron chi connectivity index (χ1n) is 7.73. The molecular weight excluding hydrogens is 359 g/mol. The van der Waals surface area contributed by atoms with E-state index < -0.39 is 44.6 Å². The second kappa shape index (κ2) is 7.97. The van der Waals surface area contributed by atoms with Crippen LogP contribution in [0.1, 0.15) is 47.5 Å². The maximum atomic E-state index is 13.0. The zero-order valence-corrected chi connectivity index (χ0v) is 16.6. The molecule has 0 aromatic heterocycles. The lowest BCUT2D eigenvalue weighted by Crippen LogP contribution is -2.45. The zero-order chi connectivity index (χ0) is 20.3. The average Bonchev–Trinajstić information content (AvgIpc) is 2.28. The topological polar surface area (TPSA) is 72.5 Å². The van der Waals surface area contributed by atoms with Gasteiger partial charge in [0.2, 0.25) is 0 Å². The SMILES string of the molecule is CC(C)(C)OC(=O)N[C@H](CCC(C)(C)C(F)(F)F)C(=O)C=S(C)(C)=O. The number of alkyl halides is 3. The van der Waals surface area contributed by atoms with E-state index in [0.29, 0.717) is 0 Å². The van der Waals surface area contributed by atoms with E-state index in [4.69, 9.17) is 4.74 Å². The van der Waals surface area contributed by atoms with E-state index in [-0.39, 0.29) is 12.8 Å². The number of hydrogen-bond acceptors (Lipinski definition) is 4. The lowest BCUT2D eigenvalue weighted by Gasteiger charge is -2.29. The van der Waals surface area contributed by atoms with E-state index >= 15 is 0 Å². The Morgan fingerprint density at radius 2 is 1.60 bits per heavy atom. The molecule has 148 valence electrons. The quantitative estimate of drug-likeness (QED) is 0.711. The molecule has 0 aromatic rings. The molecule has 0 aliphatic heterocycles. The number of carbonyl (C=O) groups is 2. The molecule has 0 unspecified atom stereocenters. The minimum atomic E-state index is -4.45. The lowest BCUT2D eigenvalue weighted by atomic mass is 9.85. The van der Waals surface area contributed by atoms with E-state index in [2.05, 4.69) is 5.32 Å². The van der Waals surface area contributed by atoms with Crippen molar-refractivity contribution in [3.8, 4) is 0 Å². The molecule has 0 aromatic carbocycles. The van der Waals surface area contributed by atoms with E-state index in [1.807, 2.05) is 0 Å². The Balaban J connectivity index is 5.32. The van der Waals surface area contributed by atoms with Gasteiger partial charge in [-0.25, -0.2) is 4.79 Å². The summed E-state index contributed by atoms with van der Waals surface area (Å²) in [5.74, 6) is -0.696. The van der Waals surface area contributed by atoms with Crippen LogP contribution in [0.25, 0.3) is 0 Å². The predicted octanol–water partition coefficient (Wildman–Crippen LogP) is 3.16. The predicted molar refractivity (Wildman–Crippen MR) is 93.3 cm³/mol. The van der Waals surface area contributed by atoms with Crippen LogP contribution in [0, 0.1) is 5.41 Å². The molecule has 0 spiro atoms. The van der Waals surface area contributed by atoms with E-state index in [1.54, 1.807) is 20.8 Å². The van der Waals surface area contributed by atoms with Gasteiger partial charge in [0, 0.05) is 17.9 Å². The van der Waals surface area contributed by atoms with Crippen LogP contribution in [0.15, 0.2) is 0 Å². The van der Waals surface area contributed by atoms with Crippen molar-refractivity contribution in [2.75, 3.05) is 12.5 Å². The molecule has 0 rings (SSSR count). The summed E-state index contributed by atoms with van der Waals surface area (Å²) < 4.78 is 55.8. The molecule has 0 bridgehead atoms. The first-order valence-corrected chi connectivity index (χ1v) is 10.2. The molecule has 25 heavy (non-hydrogen) atoms. The van der Waals surface area contributed by atoms with Gasteiger partial charge in [0.25, 0.3) is 0 Å². The van der Waals surface area contributed by atoms with Gasteiger partial charge in [-0.15, -0.1) is 0 Å². The number of carbonyl (C=O) groups excluding carboxylic acids is 2. The van der Waals surface area contributed by atoms with Gasteiger partial charge < -0.3 is 10.1 Å². The van der Waals surface area contributed by atoms with E-state index in [0.717, 1.165) is 19.2 Å². The molecule has 9 heteroatoms. The Morgan fingerprint density at radius 1 is 1.12 bits per heavy atom. The van der Waals surface area contributed by atoms with Gasteiger partial charge in [0.05, 0.1) is 11.5 Å². The van der Waals surface area contributed by atoms with Crippen LogP contribution in [0.3, 0.4) is 0 Å². The van der Waals surface area contributed by atoms with Gasteiger partial charge >= 0.3 is 12.3 Å². The Bertz CT molecular complexity index is 604. The number of Topliss-reactive ketones (excluding diaryl/α,β-unsaturated/α-hetero) is 1. The van der Waals surface area contributed by atoms with Gasteiger partial charge in [0.15, 0.2) is 5.78 Å². The molecule has 0 radical (unpaired) electrons. The van der Waals surface area contributed by atoms with Crippen molar-refractivity contribution >= 4 is 26.8 Å². The van der Waals surface area contributed by atoms with Gasteiger partial charge in [-0.05, 0) is 43.1 Å². The summed E-state index contributed by atoms with van der Waals surface area (Å²) in [6.45, 7) is 6.90. The van der Waals surface area contributed by atoms with Gasteiger partial charge in [0.1, 0.15) is 5.60 Å². The van der Waals surface area contributed by atoms with Crippen molar-refractivity contribution in [1.82, 2.24) is 5.32 Å². The summed E-state index contributed by atoms with van der Waals surface area (Å²) in [6, 6.07) is -1.24. The Labute approximate surface area is 147 Å².